The van der Waals surface area contributed by atoms with Gasteiger partial charge in [0.2, 0.25) is 0 Å². The maximum atomic E-state index is 4.42. The summed E-state index contributed by atoms with van der Waals surface area (Å²) in [6.07, 6.45) is 12.0. The van der Waals surface area contributed by atoms with Gasteiger partial charge in [0, 0.05) is 29.3 Å². The van der Waals surface area contributed by atoms with Crippen molar-refractivity contribution in [1.82, 2.24) is 5.32 Å². The van der Waals surface area contributed by atoms with Gasteiger partial charge < -0.3 is 5.32 Å². The predicted octanol–water partition coefficient (Wildman–Crippen LogP) is 3.86. The summed E-state index contributed by atoms with van der Waals surface area (Å²) in [5.41, 5.74) is 8.27. The van der Waals surface area contributed by atoms with Crippen molar-refractivity contribution in [2.45, 2.75) is 56.3 Å². The van der Waals surface area contributed by atoms with Gasteiger partial charge in [-0.25, -0.2) is 0 Å². The van der Waals surface area contributed by atoms with Crippen LogP contribution in [0.25, 0.3) is 0 Å². The van der Waals surface area contributed by atoms with Crippen LogP contribution in [0.5, 0.6) is 0 Å². The summed E-state index contributed by atoms with van der Waals surface area (Å²) >= 11 is 0. The van der Waals surface area contributed by atoms with Crippen molar-refractivity contribution < 1.29 is 0 Å². The maximum absolute atomic E-state index is 4.42. The van der Waals surface area contributed by atoms with E-state index >= 15 is 0 Å². The van der Waals surface area contributed by atoms with E-state index in [1.165, 1.54) is 58.0 Å². The first-order valence-electron chi connectivity index (χ1n) is 9.28. The minimum Gasteiger partial charge on any atom is -0.315 e. The van der Waals surface area contributed by atoms with Gasteiger partial charge in [0.1, 0.15) is 0 Å². The van der Waals surface area contributed by atoms with E-state index in [1.54, 1.807) is 16.7 Å². The Morgan fingerprint density at radius 1 is 1.09 bits per heavy atom. The lowest BCUT2D eigenvalue weighted by molar-refractivity contribution is 0.0210. The second kappa shape index (κ2) is 3.53. The van der Waals surface area contributed by atoms with Crippen LogP contribution in [0.2, 0.25) is 0 Å². The minimum absolute atomic E-state index is 0.373. The summed E-state index contributed by atoms with van der Waals surface area (Å²) in [6.45, 7) is 6.88. The Labute approximate surface area is 133 Å². The molecule has 4 atom stereocenters. The first-order chi connectivity index (χ1) is 10.8. The number of rotatable bonds is 1. The first-order valence-corrected chi connectivity index (χ1v) is 9.28. The van der Waals surface area contributed by atoms with E-state index in [1.807, 2.05) is 5.56 Å². The van der Waals surface area contributed by atoms with Gasteiger partial charge in [-0.05, 0) is 66.7 Å². The second-order valence-corrected chi connectivity index (χ2v) is 8.63. The average molecular weight is 291 g/mol. The lowest BCUT2D eigenvalue weighted by Crippen LogP contribution is -2.56. The van der Waals surface area contributed by atoms with Gasteiger partial charge in [-0.1, -0.05) is 24.6 Å². The van der Waals surface area contributed by atoms with Crippen LogP contribution in [-0.2, 0) is 18.3 Å². The first kappa shape index (κ1) is 12.4. The largest absolute Gasteiger partial charge is 0.315 e. The monoisotopic (exact) mass is 291 g/mol. The number of fused-ring (bicyclic) bond motifs is 1. The number of hydrogen-bond acceptors (Lipinski definition) is 1. The van der Waals surface area contributed by atoms with Crippen molar-refractivity contribution in [3.63, 3.8) is 0 Å². The van der Waals surface area contributed by atoms with Gasteiger partial charge in [0.25, 0.3) is 0 Å². The molecule has 22 heavy (non-hydrogen) atoms. The lowest BCUT2D eigenvalue weighted by atomic mass is 9.43. The molecule has 0 bridgehead atoms. The molecular weight excluding hydrogens is 266 g/mol. The molecule has 1 aromatic carbocycles. The third-order valence-corrected chi connectivity index (χ3v) is 8.61. The second-order valence-electron chi connectivity index (χ2n) is 8.63. The number of nitrogens with one attached hydrogen (secondary N) is 1. The standard InChI is InChI=1S/C21H25N/c1-2-19-9-3-10-21(19)13-22-12-20(21)11-8-15-5-4-14-6-7-16(19)17(14)18(15)20/h2,4-5,16,22H,1,3,6-13H2/t16?,19?,20-,21?/m1/s1. The fraction of sp³-hybridized carbons (Fsp3) is 0.619. The highest BCUT2D eigenvalue weighted by molar-refractivity contribution is 5.60. The van der Waals surface area contributed by atoms with Gasteiger partial charge in [-0.15, -0.1) is 6.58 Å². The highest BCUT2D eigenvalue weighted by Gasteiger charge is 2.73. The molecule has 1 saturated heterocycles. The zero-order valence-corrected chi connectivity index (χ0v) is 13.4. The third kappa shape index (κ3) is 0.951. The molecule has 3 unspecified atom stereocenters. The SMILES string of the molecule is C=CC12CCCC13CNC[C@@]31CCc3ccc4c(c31)C2CC4. The fourth-order valence-electron chi connectivity index (χ4n) is 8.05. The molecule has 5 aliphatic rings. The Bertz CT molecular complexity index is 715. The Balaban J connectivity index is 1.79. The molecule has 1 saturated carbocycles. The van der Waals surface area contributed by atoms with E-state index in [0.717, 1.165) is 5.92 Å². The van der Waals surface area contributed by atoms with Gasteiger partial charge >= 0.3 is 0 Å². The molecule has 4 aliphatic carbocycles. The molecule has 1 heterocycles. The van der Waals surface area contributed by atoms with Crippen LogP contribution in [-0.4, -0.2) is 13.1 Å². The van der Waals surface area contributed by atoms with E-state index < -0.39 is 0 Å². The van der Waals surface area contributed by atoms with E-state index in [9.17, 15) is 0 Å². The van der Waals surface area contributed by atoms with Crippen LogP contribution in [0.1, 0.15) is 60.3 Å². The van der Waals surface area contributed by atoms with E-state index in [-0.39, 0.29) is 0 Å². The number of benzene rings is 1. The van der Waals surface area contributed by atoms with Crippen molar-refractivity contribution in [2.24, 2.45) is 10.8 Å². The summed E-state index contributed by atoms with van der Waals surface area (Å²) < 4.78 is 0. The summed E-state index contributed by atoms with van der Waals surface area (Å²) in [5.74, 6) is 0.767. The molecule has 1 heteroatoms. The maximum Gasteiger partial charge on any atom is 0.0163 e. The number of allylic oxidation sites excluding steroid dienone is 1. The summed E-state index contributed by atoms with van der Waals surface area (Å²) in [4.78, 5) is 0. The van der Waals surface area contributed by atoms with Crippen molar-refractivity contribution in [1.29, 1.82) is 0 Å². The zero-order valence-electron chi connectivity index (χ0n) is 13.4. The van der Waals surface area contributed by atoms with E-state index in [2.05, 4.69) is 30.1 Å². The Morgan fingerprint density at radius 3 is 2.91 bits per heavy atom. The van der Waals surface area contributed by atoms with Gasteiger partial charge in [0.15, 0.2) is 0 Å². The van der Waals surface area contributed by atoms with Crippen LogP contribution in [0, 0.1) is 10.8 Å². The fourth-order valence-corrected chi connectivity index (χ4v) is 8.05. The summed E-state index contributed by atoms with van der Waals surface area (Å²) in [7, 11) is 0. The predicted molar refractivity (Wildman–Crippen MR) is 89.3 cm³/mol. The Kier molecular flexibility index (Phi) is 1.98. The molecule has 1 aromatic rings. The molecule has 114 valence electrons. The van der Waals surface area contributed by atoms with Gasteiger partial charge in [0.05, 0.1) is 0 Å². The molecule has 2 fully saturated rings. The van der Waals surface area contributed by atoms with Crippen molar-refractivity contribution >= 4 is 0 Å². The van der Waals surface area contributed by atoms with E-state index in [0.29, 0.717) is 16.2 Å². The van der Waals surface area contributed by atoms with Gasteiger partial charge in [-0.3, -0.25) is 0 Å². The highest BCUT2D eigenvalue weighted by Crippen LogP contribution is 2.76. The summed E-state index contributed by atoms with van der Waals surface area (Å²) in [5, 5.41) is 3.87. The molecule has 1 nitrogen and oxygen atoms in total. The molecule has 1 N–H and O–H groups in total. The van der Waals surface area contributed by atoms with E-state index in [4.69, 9.17) is 0 Å². The van der Waals surface area contributed by atoms with Crippen molar-refractivity contribution in [2.75, 3.05) is 13.1 Å². The molecule has 2 spiro atoms. The van der Waals surface area contributed by atoms with Crippen molar-refractivity contribution in [3.05, 3.63) is 47.0 Å². The molecule has 0 radical (unpaired) electrons. The molecular formula is C21H25N. The summed E-state index contributed by atoms with van der Waals surface area (Å²) in [6, 6.07) is 4.95. The van der Waals surface area contributed by atoms with Gasteiger partial charge in [-0.2, -0.15) is 0 Å². The number of aryl methyl sites for hydroxylation is 2. The molecule has 6 rings (SSSR count). The molecule has 1 aliphatic heterocycles. The highest BCUT2D eigenvalue weighted by atomic mass is 15.0. The average Bonchev–Trinajstić information content (AvgIpc) is 3.27. The third-order valence-electron chi connectivity index (χ3n) is 8.61. The molecule has 0 aromatic heterocycles. The van der Waals surface area contributed by atoms with Crippen LogP contribution >= 0.6 is 0 Å². The quantitative estimate of drug-likeness (QED) is 0.775. The molecule has 0 amide bonds. The lowest BCUT2D eigenvalue weighted by Gasteiger charge is -2.59. The minimum atomic E-state index is 0.373. The van der Waals surface area contributed by atoms with Crippen LogP contribution in [0.3, 0.4) is 0 Å². The zero-order chi connectivity index (χ0) is 14.6. The number of hydrogen-bond donors (Lipinski definition) is 1. The van der Waals surface area contributed by atoms with Crippen LogP contribution < -0.4 is 5.32 Å². The van der Waals surface area contributed by atoms with Crippen LogP contribution in [0.4, 0.5) is 0 Å². The Hall–Kier alpha value is -1.08. The topological polar surface area (TPSA) is 12.0 Å². The Morgan fingerprint density at radius 2 is 2.00 bits per heavy atom. The smallest absolute Gasteiger partial charge is 0.0163 e. The van der Waals surface area contributed by atoms with Crippen LogP contribution in [0.15, 0.2) is 24.8 Å². The van der Waals surface area contributed by atoms with Crippen molar-refractivity contribution in [3.8, 4) is 0 Å². The normalized spacial score (nSPS) is 46.5.